The zero-order valence-electron chi connectivity index (χ0n) is 15.5. The Balaban J connectivity index is 1.79. The van der Waals surface area contributed by atoms with Crippen LogP contribution in [-0.4, -0.2) is 54.2 Å². The molecule has 0 bridgehead atoms. The molecule has 0 radical (unpaired) electrons. The van der Waals surface area contributed by atoms with E-state index in [4.69, 9.17) is 4.74 Å². The van der Waals surface area contributed by atoms with Gasteiger partial charge in [-0.05, 0) is 33.7 Å². The van der Waals surface area contributed by atoms with E-state index in [1.54, 1.807) is 27.8 Å². The lowest BCUT2D eigenvalue weighted by atomic mass is 9.87. The summed E-state index contributed by atoms with van der Waals surface area (Å²) in [7, 11) is 1.71. The molecule has 9 nitrogen and oxygen atoms in total. The standard InChI is InChI=1S/C17H25N5O4/c1-16(2,3)26-15(24)12-7-17(25,5-6-18-12)9-22-10-19-13-11(14(22)23)8-20-21(13)4/h8,10,12,18,25H,5-7,9H2,1-4H3. The molecule has 0 saturated carbocycles. The van der Waals surface area contributed by atoms with E-state index < -0.39 is 23.2 Å². The normalized spacial score (nSPS) is 24.0. The number of nitrogens with zero attached hydrogens (tertiary/aromatic N) is 4. The number of fused-ring (bicyclic) bond motifs is 1. The van der Waals surface area contributed by atoms with Crippen molar-refractivity contribution >= 4 is 17.0 Å². The Morgan fingerprint density at radius 2 is 2.23 bits per heavy atom. The Labute approximate surface area is 151 Å². The predicted molar refractivity (Wildman–Crippen MR) is 94.6 cm³/mol. The highest BCUT2D eigenvalue weighted by atomic mass is 16.6. The molecule has 2 aromatic heterocycles. The number of ether oxygens (including phenoxy) is 1. The highest BCUT2D eigenvalue weighted by Crippen LogP contribution is 2.25. The van der Waals surface area contributed by atoms with Gasteiger partial charge >= 0.3 is 5.97 Å². The highest BCUT2D eigenvalue weighted by molar-refractivity contribution is 5.76. The average Bonchev–Trinajstić information content (AvgIpc) is 2.90. The summed E-state index contributed by atoms with van der Waals surface area (Å²) in [5.41, 5.74) is -1.56. The third-order valence-electron chi connectivity index (χ3n) is 4.44. The van der Waals surface area contributed by atoms with Gasteiger partial charge in [0.25, 0.3) is 5.56 Å². The van der Waals surface area contributed by atoms with E-state index in [2.05, 4.69) is 15.4 Å². The maximum atomic E-state index is 12.6. The van der Waals surface area contributed by atoms with E-state index in [1.807, 2.05) is 0 Å². The van der Waals surface area contributed by atoms with E-state index >= 15 is 0 Å². The van der Waals surface area contributed by atoms with E-state index in [-0.39, 0.29) is 18.5 Å². The first-order chi connectivity index (χ1) is 12.1. The van der Waals surface area contributed by atoms with E-state index in [9.17, 15) is 14.7 Å². The van der Waals surface area contributed by atoms with Crippen molar-refractivity contribution in [2.75, 3.05) is 6.54 Å². The fourth-order valence-electron chi connectivity index (χ4n) is 3.21. The zero-order valence-corrected chi connectivity index (χ0v) is 15.5. The molecule has 0 aliphatic carbocycles. The molecule has 2 N–H and O–H groups in total. The summed E-state index contributed by atoms with van der Waals surface area (Å²) < 4.78 is 8.30. The van der Waals surface area contributed by atoms with Crippen LogP contribution in [0.15, 0.2) is 17.3 Å². The molecule has 9 heteroatoms. The fourth-order valence-corrected chi connectivity index (χ4v) is 3.21. The lowest BCUT2D eigenvalue weighted by Gasteiger charge is -2.37. The van der Waals surface area contributed by atoms with Crippen molar-refractivity contribution < 1.29 is 14.6 Å². The van der Waals surface area contributed by atoms with Crippen LogP contribution >= 0.6 is 0 Å². The van der Waals surface area contributed by atoms with Gasteiger partial charge < -0.3 is 15.2 Å². The molecule has 1 aliphatic rings. The number of aliphatic hydroxyl groups is 1. The van der Waals surface area contributed by atoms with Crippen LogP contribution in [0.5, 0.6) is 0 Å². The average molecular weight is 363 g/mol. The molecular formula is C17H25N5O4. The van der Waals surface area contributed by atoms with Crippen molar-refractivity contribution in [3.05, 3.63) is 22.9 Å². The summed E-state index contributed by atoms with van der Waals surface area (Å²) in [5.74, 6) is -0.399. The van der Waals surface area contributed by atoms with Gasteiger partial charge in [-0.1, -0.05) is 0 Å². The summed E-state index contributed by atoms with van der Waals surface area (Å²) in [6.07, 6.45) is 3.47. The molecule has 142 valence electrons. The summed E-state index contributed by atoms with van der Waals surface area (Å²) in [5, 5.41) is 18.5. The van der Waals surface area contributed by atoms with Gasteiger partial charge in [0, 0.05) is 13.5 Å². The number of carbonyl (C=O) groups is 1. The number of piperidine rings is 1. The monoisotopic (exact) mass is 363 g/mol. The number of aryl methyl sites for hydroxylation is 1. The number of esters is 1. The van der Waals surface area contributed by atoms with E-state index in [0.29, 0.717) is 24.0 Å². The number of hydrogen-bond donors (Lipinski definition) is 2. The molecule has 2 atom stereocenters. The Morgan fingerprint density at radius 1 is 1.50 bits per heavy atom. The molecule has 0 spiro atoms. The van der Waals surface area contributed by atoms with Crippen LogP contribution < -0.4 is 10.9 Å². The lowest BCUT2D eigenvalue weighted by Crippen LogP contribution is -2.55. The molecular weight excluding hydrogens is 338 g/mol. The van der Waals surface area contributed by atoms with Crippen molar-refractivity contribution in [3.8, 4) is 0 Å². The maximum Gasteiger partial charge on any atom is 0.323 e. The second-order valence-electron chi connectivity index (χ2n) is 7.90. The number of nitrogens with one attached hydrogen (secondary N) is 1. The van der Waals surface area contributed by atoms with Crippen LogP contribution in [0.1, 0.15) is 33.6 Å². The van der Waals surface area contributed by atoms with Crippen LogP contribution in [-0.2, 0) is 23.1 Å². The molecule has 0 amide bonds. The molecule has 2 unspecified atom stereocenters. The quantitative estimate of drug-likeness (QED) is 0.736. The molecule has 3 rings (SSSR count). The number of carbonyl (C=O) groups excluding carboxylic acids is 1. The Kier molecular flexibility index (Phi) is 4.61. The molecule has 26 heavy (non-hydrogen) atoms. The predicted octanol–water partition coefficient (Wildman–Crippen LogP) is -0.0452. The van der Waals surface area contributed by atoms with Crippen LogP contribution in [0.4, 0.5) is 0 Å². The van der Waals surface area contributed by atoms with E-state index in [0.717, 1.165) is 0 Å². The first-order valence-corrected chi connectivity index (χ1v) is 8.64. The van der Waals surface area contributed by atoms with Gasteiger partial charge in [0.2, 0.25) is 0 Å². The molecule has 2 aromatic rings. The SMILES string of the molecule is Cn1ncc2c(=O)n(CC3(O)CCNC(C(=O)OC(C)(C)C)C3)cnc21. The summed E-state index contributed by atoms with van der Waals surface area (Å²) in [4.78, 5) is 29.2. The van der Waals surface area contributed by atoms with Crippen molar-refractivity contribution in [2.24, 2.45) is 7.05 Å². The minimum atomic E-state index is -1.20. The largest absolute Gasteiger partial charge is 0.459 e. The lowest BCUT2D eigenvalue weighted by molar-refractivity contribution is -0.161. The van der Waals surface area contributed by atoms with Crippen LogP contribution in [0.3, 0.4) is 0 Å². The number of aromatic nitrogens is 4. The maximum absolute atomic E-state index is 12.6. The first-order valence-electron chi connectivity index (χ1n) is 8.64. The first kappa shape index (κ1) is 18.5. The van der Waals surface area contributed by atoms with Gasteiger partial charge in [0.05, 0.1) is 18.3 Å². The van der Waals surface area contributed by atoms with Crippen molar-refractivity contribution in [2.45, 2.75) is 57.4 Å². The summed E-state index contributed by atoms with van der Waals surface area (Å²) >= 11 is 0. The van der Waals surface area contributed by atoms with Crippen molar-refractivity contribution in [1.82, 2.24) is 24.6 Å². The van der Waals surface area contributed by atoms with Gasteiger partial charge in [0.15, 0.2) is 5.65 Å². The minimum absolute atomic E-state index is 0.0602. The van der Waals surface area contributed by atoms with Crippen molar-refractivity contribution in [3.63, 3.8) is 0 Å². The second kappa shape index (κ2) is 6.48. The number of rotatable bonds is 3. The molecule has 3 heterocycles. The third kappa shape index (κ3) is 3.78. The van der Waals surface area contributed by atoms with Gasteiger partial charge in [-0.15, -0.1) is 0 Å². The summed E-state index contributed by atoms with van der Waals surface area (Å²) in [6, 6.07) is -0.612. The van der Waals surface area contributed by atoms with Gasteiger partial charge in [-0.3, -0.25) is 18.8 Å². The second-order valence-corrected chi connectivity index (χ2v) is 7.90. The molecule has 1 aliphatic heterocycles. The topological polar surface area (TPSA) is 111 Å². The van der Waals surface area contributed by atoms with Gasteiger partial charge in [0.1, 0.15) is 23.4 Å². The molecule has 0 aromatic carbocycles. The highest BCUT2D eigenvalue weighted by Gasteiger charge is 2.39. The van der Waals surface area contributed by atoms with Crippen LogP contribution in [0.2, 0.25) is 0 Å². The summed E-state index contributed by atoms with van der Waals surface area (Å²) in [6.45, 7) is 5.92. The molecule has 1 fully saturated rings. The Hall–Kier alpha value is -2.26. The zero-order chi connectivity index (χ0) is 19.1. The Bertz CT molecular complexity index is 881. The van der Waals surface area contributed by atoms with Gasteiger partial charge in [-0.2, -0.15) is 5.10 Å². The van der Waals surface area contributed by atoms with E-state index in [1.165, 1.54) is 21.8 Å². The fraction of sp³-hybridized carbons (Fsp3) is 0.647. The van der Waals surface area contributed by atoms with Gasteiger partial charge in [-0.25, -0.2) is 4.98 Å². The number of hydrogen-bond acceptors (Lipinski definition) is 7. The minimum Gasteiger partial charge on any atom is -0.459 e. The Morgan fingerprint density at radius 3 is 2.92 bits per heavy atom. The molecule has 1 saturated heterocycles. The smallest absolute Gasteiger partial charge is 0.323 e. The van der Waals surface area contributed by atoms with Crippen molar-refractivity contribution in [1.29, 1.82) is 0 Å². The van der Waals surface area contributed by atoms with Crippen LogP contribution in [0, 0.1) is 0 Å². The third-order valence-corrected chi connectivity index (χ3v) is 4.44. The van der Waals surface area contributed by atoms with Crippen LogP contribution in [0.25, 0.3) is 11.0 Å².